The summed E-state index contributed by atoms with van der Waals surface area (Å²) in [6.45, 7) is 0. The highest BCUT2D eigenvalue weighted by Crippen LogP contribution is 2.40. The Labute approximate surface area is 344 Å². The van der Waals surface area contributed by atoms with Crippen LogP contribution >= 0.6 is 0 Å². The minimum atomic E-state index is 0.657. The molecule has 0 fully saturated rings. The summed E-state index contributed by atoms with van der Waals surface area (Å²) in [5.74, 6) is 0.657. The smallest absolute Gasteiger partial charge is 0.161 e. The summed E-state index contributed by atoms with van der Waals surface area (Å²) < 4.78 is 12.5. The summed E-state index contributed by atoms with van der Waals surface area (Å²) in [6, 6.07) is 65.5. The number of furan rings is 2. The largest absolute Gasteiger partial charge is 0.456 e. The lowest BCUT2D eigenvalue weighted by Crippen LogP contribution is -1.98. The normalized spacial score (nSPS) is 11.7. The van der Waals surface area contributed by atoms with E-state index in [0.717, 1.165) is 116 Å². The van der Waals surface area contributed by atoms with Crippen molar-refractivity contribution in [2.45, 2.75) is 0 Å². The zero-order chi connectivity index (χ0) is 39.6. The fraction of sp³-hybridized carbons (Fsp3) is 0. The van der Waals surface area contributed by atoms with E-state index >= 15 is 0 Å². The van der Waals surface area contributed by atoms with Gasteiger partial charge in [-0.2, -0.15) is 0 Å². The summed E-state index contributed by atoms with van der Waals surface area (Å²) in [6.07, 6.45) is 3.71. The van der Waals surface area contributed by atoms with Crippen molar-refractivity contribution >= 4 is 54.6 Å². The van der Waals surface area contributed by atoms with Crippen molar-refractivity contribution in [2.24, 2.45) is 0 Å². The number of hydrogen-bond donors (Lipinski definition) is 0. The minimum Gasteiger partial charge on any atom is -0.456 e. The van der Waals surface area contributed by atoms with E-state index in [4.69, 9.17) is 18.8 Å². The number of rotatable bonds is 6. The summed E-state index contributed by atoms with van der Waals surface area (Å²) in [7, 11) is 0. The fourth-order valence-corrected chi connectivity index (χ4v) is 8.67. The third kappa shape index (κ3) is 5.75. The third-order valence-electron chi connectivity index (χ3n) is 11.6. The molecule has 0 atom stereocenters. The Bertz CT molecular complexity index is 3480. The molecular formula is C55H33N3O2. The van der Waals surface area contributed by atoms with Gasteiger partial charge in [-0.25, -0.2) is 9.97 Å². The molecule has 0 saturated carbocycles. The van der Waals surface area contributed by atoms with Gasteiger partial charge in [-0.15, -0.1) is 0 Å². The van der Waals surface area contributed by atoms with Gasteiger partial charge in [0.05, 0.1) is 11.4 Å². The number of benzene rings is 8. The summed E-state index contributed by atoms with van der Waals surface area (Å²) in [4.78, 5) is 15.2. The second-order valence-corrected chi connectivity index (χ2v) is 15.2. The Kier molecular flexibility index (Phi) is 7.78. The van der Waals surface area contributed by atoms with E-state index in [2.05, 4.69) is 163 Å². The topological polar surface area (TPSA) is 65.0 Å². The Balaban J connectivity index is 1.12. The quantitative estimate of drug-likeness (QED) is 0.169. The minimum absolute atomic E-state index is 0.657. The molecule has 280 valence electrons. The van der Waals surface area contributed by atoms with Gasteiger partial charge in [0.2, 0.25) is 0 Å². The number of nitrogens with zero attached hydrogens (tertiary/aromatic N) is 3. The average molecular weight is 768 g/mol. The van der Waals surface area contributed by atoms with Crippen molar-refractivity contribution in [3.05, 3.63) is 200 Å². The lowest BCUT2D eigenvalue weighted by Gasteiger charge is -2.15. The molecule has 12 aromatic rings. The highest BCUT2D eigenvalue weighted by Gasteiger charge is 2.18. The molecule has 12 rings (SSSR count). The van der Waals surface area contributed by atoms with Gasteiger partial charge in [0, 0.05) is 56.2 Å². The predicted octanol–water partition coefficient (Wildman–Crippen LogP) is 14.8. The van der Waals surface area contributed by atoms with Crippen molar-refractivity contribution in [1.82, 2.24) is 15.0 Å². The summed E-state index contributed by atoms with van der Waals surface area (Å²) in [5, 5.41) is 6.58. The molecule has 5 heteroatoms. The molecule has 0 amide bonds. The molecule has 0 N–H and O–H groups in total. The first kappa shape index (κ1) is 33.9. The van der Waals surface area contributed by atoms with Crippen molar-refractivity contribution in [3.8, 4) is 67.3 Å². The zero-order valence-electron chi connectivity index (χ0n) is 32.2. The summed E-state index contributed by atoms with van der Waals surface area (Å²) in [5.41, 5.74) is 14.4. The number of hydrogen-bond acceptors (Lipinski definition) is 5. The van der Waals surface area contributed by atoms with Crippen LogP contribution in [0.15, 0.2) is 209 Å². The highest BCUT2D eigenvalue weighted by atomic mass is 16.3. The van der Waals surface area contributed by atoms with Crippen molar-refractivity contribution in [1.29, 1.82) is 0 Å². The number of fused-ring (bicyclic) bond motifs is 7. The van der Waals surface area contributed by atoms with Crippen molar-refractivity contribution in [3.63, 3.8) is 0 Å². The molecule has 0 aliphatic rings. The van der Waals surface area contributed by atoms with Crippen LogP contribution in [0.3, 0.4) is 0 Å². The Morgan fingerprint density at radius 3 is 1.55 bits per heavy atom. The van der Waals surface area contributed by atoms with Crippen LogP contribution in [0.5, 0.6) is 0 Å². The first-order valence-corrected chi connectivity index (χ1v) is 20.1. The standard InChI is InChI=1S/C55H33N3O2/c1-2-14-41-34(11-1)12-9-19-46(41)55-57-49(32-50(58-55)43-16-4-3-15-42(43)37-13-10-26-56-33-37)40-28-38(35-22-24-53-47(30-35)44-17-5-7-20-51(44)59-53)27-39(29-40)36-23-25-54-48(31-36)45-18-6-8-21-52(45)60-54/h1-33H. The van der Waals surface area contributed by atoms with Crippen LogP contribution in [0.25, 0.3) is 122 Å². The van der Waals surface area contributed by atoms with Crippen LogP contribution in [0.1, 0.15) is 0 Å². The van der Waals surface area contributed by atoms with E-state index in [1.807, 2.05) is 36.5 Å². The Morgan fingerprint density at radius 1 is 0.317 bits per heavy atom. The molecule has 0 unspecified atom stereocenters. The van der Waals surface area contributed by atoms with Gasteiger partial charge in [-0.3, -0.25) is 4.98 Å². The first-order valence-electron chi connectivity index (χ1n) is 20.1. The number of aromatic nitrogens is 3. The fourth-order valence-electron chi connectivity index (χ4n) is 8.67. The monoisotopic (exact) mass is 767 g/mol. The second-order valence-electron chi connectivity index (χ2n) is 15.2. The lowest BCUT2D eigenvalue weighted by molar-refractivity contribution is 0.668. The molecule has 4 aromatic heterocycles. The first-order chi connectivity index (χ1) is 29.7. The van der Waals surface area contributed by atoms with Gasteiger partial charge in [-0.1, -0.05) is 121 Å². The molecule has 60 heavy (non-hydrogen) atoms. The van der Waals surface area contributed by atoms with Gasteiger partial charge in [0.1, 0.15) is 22.3 Å². The molecule has 0 aliphatic carbocycles. The van der Waals surface area contributed by atoms with E-state index in [1.54, 1.807) is 6.20 Å². The van der Waals surface area contributed by atoms with E-state index in [9.17, 15) is 0 Å². The van der Waals surface area contributed by atoms with Crippen LogP contribution in [-0.2, 0) is 0 Å². The molecule has 0 radical (unpaired) electrons. The molecule has 0 bridgehead atoms. The van der Waals surface area contributed by atoms with Gasteiger partial charge >= 0.3 is 0 Å². The third-order valence-corrected chi connectivity index (χ3v) is 11.6. The van der Waals surface area contributed by atoms with Crippen molar-refractivity contribution < 1.29 is 8.83 Å². The van der Waals surface area contributed by atoms with Crippen LogP contribution in [0.4, 0.5) is 0 Å². The van der Waals surface area contributed by atoms with Crippen molar-refractivity contribution in [2.75, 3.05) is 0 Å². The molecule has 0 saturated heterocycles. The van der Waals surface area contributed by atoms with Gasteiger partial charge in [-0.05, 0) is 105 Å². The highest BCUT2D eigenvalue weighted by molar-refractivity contribution is 6.08. The van der Waals surface area contributed by atoms with Gasteiger partial charge < -0.3 is 8.83 Å². The van der Waals surface area contributed by atoms with E-state index in [1.165, 1.54) is 0 Å². The van der Waals surface area contributed by atoms with E-state index < -0.39 is 0 Å². The van der Waals surface area contributed by atoms with E-state index in [-0.39, 0.29) is 0 Å². The Hall–Kier alpha value is -8.15. The second kappa shape index (κ2) is 13.8. The SMILES string of the molecule is c1cncc(-c2ccccc2-c2cc(-c3cc(-c4ccc5oc6ccccc6c5c4)cc(-c4ccc5oc6ccccc6c5c4)c3)nc(-c3cccc4ccccc34)n2)c1. The zero-order valence-corrected chi connectivity index (χ0v) is 32.2. The Morgan fingerprint density at radius 2 is 0.867 bits per heavy atom. The van der Waals surface area contributed by atoms with Gasteiger partial charge in [0.15, 0.2) is 5.82 Å². The van der Waals surface area contributed by atoms with Crippen LogP contribution in [0.2, 0.25) is 0 Å². The maximum atomic E-state index is 6.25. The summed E-state index contributed by atoms with van der Waals surface area (Å²) >= 11 is 0. The maximum absolute atomic E-state index is 6.25. The molecule has 5 nitrogen and oxygen atoms in total. The van der Waals surface area contributed by atoms with Crippen LogP contribution in [-0.4, -0.2) is 15.0 Å². The molecule has 4 heterocycles. The number of pyridine rings is 1. The van der Waals surface area contributed by atoms with Gasteiger partial charge in [0.25, 0.3) is 0 Å². The predicted molar refractivity (Wildman–Crippen MR) is 245 cm³/mol. The molecule has 0 aliphatic heterocycles. The average Bonchev–Trinajstić information content (AvgIpc) is 3.89. The van der Waals surface area contributed by atoms with E-state index in [0.29, 0.717) is 5.82 Å². The van der Waals surface area contributed by atoms with Crippen LogP contribution < -0.4 is 0 Å². The van der Waals surface area contributed by atoms with Crippen LogP contribution in [0, 0.1) is 0 Å². The maximum Gasteiger partial charge on any atom is 0.161 e. The lowest BCUT2D eigenvalue weighted by atomic mass is 9.92. The molecule has 8 aromatic carbocycles. The molecule has 0 spiro atoms. The number of para-hydroxylation sites is 2. The molecular weight excluding hydrogens is 735 g/mol.